The smallest absolute Gasteiger partial charge is 0.319 e. The quantitative estimate of drug-likeness (QED) is 0.874. The van der Waals surface area contributed by atoms with Crippen molar-refractivity contribution in [1.29, 1.82) is 0 Å². The van der Waals surface area contributed by atoms with Crippen LogP contribution in [0.3, 0.4) is 0 Å². The lowest BCUT2D eigenvalue weighted by atomic mass is 10.2. The van der Waals surface area contributed by atoms with Crippen molar-refractivity contribution in [2.45, 2.75) is 33.2 Å². The summed E-state index contributed by atoms with van der Waals surface area (Å²) in [6.45, 7) is 6.00. The summed E-state index contributed by atoms with van der Waals surface area (Å²) in [6.07, 6.45) is 0.922. The number of carbonyl (C=O) groups excluding carboxylic acids is 1. The first-order valence-corrected chi connectivity index (χ1v) is 6.15. The van der Waals surface area contributed by atoms with Gasteiger partial charge < -0.3 is 10.6 Å². The Morgan fingerprint density at radius 2 is 2.12 bits per heavy atom. The Labute approximate surface area is 105 Å². The van der Waals surface area contributed by atoms with Crippen molar-refractivity contribution in [3.8, 4) is 0 Å². The largest absolute Gasteiger partial charge is 0.335 e. The monoisotopic (exact) mass is 284 g/mol. The molecule has 1 aromatic carbocycles. The first-order chi connectivity index (χ1) is 7.51. The Balaban J connectivity index is 2.62. The summed E-state index contributed by atoms with van der Waals surface area (Å²) in [7, 11) is 0. The standard InChI is InChI=1S/C12H17BrN2O/c1-4-9(3)14-12(16)15-11-6-8(2)5-10(13)7-11/h5-7,9H,4H2,1-3H3,(H2,14,15,16). The van der Waals surface area contributed by atoms with Crippen molar-refractivity contribution in [2.24, 2.45) is 0 Å². The zero-order valence-corrected chi connectivity index (χ0v) is 11.4. The normalized spacial score (nSPS) is 12.0. The number of hydrogen-bond acceptors (Lipinski definition) is 1. The molecule has 0 aliphatic heterocycles. The molecule has 2 amide bonds. The number of aryl methyl sites for hydroxylation is 1. The highest BCUT2D eigenvalue weighted by Crippen LogP contribution is 2.18. The van der Waals surface area contributed by atoms with Gasteiger partial charge in [-0.05, 0) is 44.0 Å². The van der Waals surface area contributed by atoms with E-state index in [-0.39, 0.29) is 12.1 Å². The second-order valence-corrected chi connectivity index (χ2v) is 4.84. The van der Waals surface area contributed by atoms with E-state index in [0.29, 0.717) is 0 Å². The summed E-state index contributed by atoms with van der Waals surface area (Å²) in [5.41, 5.74) is 1.90. The number of anilines is 1. The summed E-state index contributed by atoms with van der Waals surface area (Å²) in [4.78, 5) is 11.6. The minimum Gasteiger partial charge on any atom is -0.335 e. The SMILES string of the molecule is CCC(C)NC(=O)Nc1cc(C)cc(Br)c1. The van der Waals surface area contributed by atoms with E-state index in [1.54, 1.807) is 0 Å². The number of urea groups is 1. The third-order valence-electron chi connectivity index (χ3n) is 2.29. The Hall–Kier alpha value is -1.03. The molecule has 0 aromatic heterocycles. The molecule has 1 rings (SSSR count). The predicted octanol–water partition coefficient (Wildman–Crippen LogP) is 3.68. The molecule has 2 N–H and O–H groups in total. The molecular weight excluding hydrogens is 268 g/mol. The molecule has 1 atom stereocenters. The summed E-state index contributed by atoms with van der Waals surface area (Å²) in [5.74, 6) is 0. The third-order valence-corrected chi connectivity index (χ3v) is 2.75. The van der Waals surface area contributed by atoms with Crippen LogP contribution in [0.25, 0.3) is 0 Å². The maximum atomic E-state index is 11.6. The van der Waals surface area contributed by atoms with E-state index < -0.39 is 0 Å². The van der Waals surface area contributed by atoms with Gasteiger partial charge in [0.2, 0.25) is 0 Å². The molecule has 1 aromatic rings. The van der Waals surface area contributed by atoms with Gasteiger partial charge in [0.25, 0.3) is 0 Å². The van der Waals surface area contributed by atoms with Gasteiger partial charge in [0.05, 0.1) is 0 Å². The molecule has 0 heterocycles. The van der Waals surface area contributed by atoms with Gasteiger partial charge >= 0.3 is 6.03 Å². The zero-order chi connectivity index (χ0) is 12.1. The van der Waals surface area contributed by atoms with E-state index in [4.69, 9.17) is 0 Å². The lowest BCUT2D eigenvalue weighted by molar-refractivity contribution is 0.249. The fourth-order valence-electron chi connectivity index (χ4n) is 1.30. The minimum absolute atomic E-state index is 0.160. The number of nitrogens with one attached hydrogen (secondary N) is 2. The molecule has 0 aliphatic rings. The van der Waals surface area contributed by atoms with Gasteiger partial charge in [0.15, 0.2) is 0 Å². The molecule has 3 nitrogen and oxygen atoms in total. The van der Waals surface area contributed by atoms with Crippen LogP contribution in [0.15, 0.2) is 22.7 Å². The fraction of sp³-hybridized carbons (Fsp3) is 0.417. The molecule has 0 saturated carbocycles. The second-order valence-electron chi connectivity index (χ2n) is 3.93. The molecule has 16 heavy (non-hydrogen) atoms. The molecular formula is C12H17BrN2O. The van der Waals surface area contributed by atoms with Gasteiger partial charge in [-0.25, -0.2) is 4.79 Å². The van der Waals surface area contributed by atoms with Crippen LogP contribution in [0.4, 0.5) is 10.5 Å². The van der Waals surface area contributed by atoms with Crippen LogP contribution in [0, 0.1) is 6.92 Å². The summed E-state index contributed by atoms with van der Waals surface area (Å²) < 4.78 is 0.964. The van der Waals surface area contributed by atoms with Crippen molar-refractivity contribution in [3.63, 3.8) is 0 Å². The Morgan fingerprint density at radius 3 is 2.69 bits per heavy atom. The van der Waals surface area contributed by atoms with Crippen LogP contribution in [0.1, 0.15) is 25.8 Å². The van der Waals surface area contributed by atoms with E-state index in [0.717, 1.165) is 22.1 Å². The maximum absolute atomic E-state index is 11.6. The van der Waals surface area contributed by atoms with Crippen molar-refractivity contribution >= 4 is 27.6 Å². The molecule has 1 unspecified atom stereocenters. The van der Waals surface area contributed by atoms with Gasteiger partial charge in [0, 0.05) is 16.2 Å². The predicted molar refractivity (Wildman–Crippen MR) is 70.8 cm³/mol. The van der Waals surface area contributed by atoms with E-state index in [2.05, 4.69) is 26.6 Å². The minimum atomic E-state index is -0.160. The number of halogens is 1. The van der Waals surface area contributed by atoms with E-state index in [1.165, 1.54) is 0 Å². The van der Waals surface area contributed by atoms with Crippen molar-refractivity contribution in [1.82, 2.24) is 5.32 Å². The maximum Gasteiger partial charge on any atom is 0.319 e. The van der Waals surface area contributed by atoms with E-state index in [9.17, 15) is 4.79 Å². The molecule has 0 spiro atoms. The van der Waals surface area contributed by atoms with Gasteiger partial charge in [-0.15, -0.1) is 0 Å². The average molecular weight is 285 g/mol. The number of carbonyl (C=O) groups is 1. The Morgan fingerprint density at radius 1 is 1.44 bits per heavy atom. The van der Waals surface area contributed by atoms with Crippen LogP contribution < -0.4 is 10.6 Å². The topological polar surface area (TPSA) is 41.1 Å². The molecule has 4 heteroatoms. The molecule has 0 aliphatic carbocycles. The van der Waals surface area contributed by atoms with E-state index >= 15 is 0 Å². The highest BCUT2D eigenvalue weighted by Gasteiger charge is 2.05. The van der Waals surface area contributed by atoms with Gasteiger partial charge in [-0.3, -0.25) is 0 Å². The van der Waals surface area contributed by atoms with Crippen LogP contribution in [0.5, 0.6) is 0 Å². The highest BCUT2D eigenvalue weighted by atomic mass is 79.9. The lowest BCUT2D eigenvalue weighted by Crippen LogP contribution is -2.35. The molecule has 0 radical (unpaired) electrons. The average Bonchev–Trinajstić information content (AvgIpc) is 2.15. The van der Waals surface area contributed by atoms with Crippen molar-refractivity contribution in [2.75, 3.05) is 5.32 Å². The Bertz CT molecular complexity index is 359. The van der Waals surface area contributed by atoms with Gasteiger partial charge in [0.1, 0.15) is 0 Å². The summed E-state index contributed by atoms with van der Waals surface area (Å²) >= 11 is 3.40. The molecule has 0 saturated heterocycles. The highest BCUT2D eigenvalue weighted by molar-refractivity contribution is 9.10. The lowest BCUT2D eigenvalue weighted by Gasteiger charge is -2.13. The second kappa shape index (κ2) is 5.89. The third kappa shape index (κ3) is 4.23. The molecule has 88 valence electrons. The number of hydrogen-bond donors (Lipinski definition) is 2. The van der Waals surface area contributed by atoms with Gasteiger partial charge in [-0.1, -0.05) is 22.9 Å². The molecule has 0 bridgehead atoms. The van der Waals surface area contributed by atoms with Crippen LogP contribution in [-0.2, 0) is 0 Å². The zero-order valence-electron chi connectivity index (χ0n) is 9.80. The van der Waals surface area contributed by atoms with Crippen LogP contribution >= 0.6 is 15.9 Å². The van der Waals surface area contributed by atoms with Crippen molar-refractivity contribution in [3.05, 3.63) is 28.2 Å². The van der Waals surface area contributed by atoms with E-state index in [1.807, 2.05) is 39.0 Å². The summed E-state index contributed by atoms with van der Waals surface area (Å²) in [6, 6.07) is 5.84. The fourth-order valence-corrected chi connectivity index (χ4v) is 1.91. The number of amides is 2. The summed E-state index contributed by atoms with van der Waals surface area (Å²) in [5, 5.41) is 5.66. The van der Waals surface area contributed by atoms with Crippen LogP contribution in [-0.4, -0.2) is 12.1 Å². The Kier molecular flexibility index (Phi) is 4.80. The molecule has 0 fully saturated rings. The number of rotatable bonds is 3. The first-order valence-electron chi connectivity index (χ1n) is 5.36. The van der Waals surface area contributed by atoms with Crippen LogP contribution in [0.2, 0.25) is 0 Å². The van der Waals surface area contributed by atoms with Crippen molar-refractivity contribution < 1.29 is 4.79 Å². The first kappa shape index (κ1) is 13.0. The van der Waals surface area contributed by atoms with Gasteiger partial charge in [-0.2, -0.15) is 0 Å². The number of benzene rings is 1.